The van der Waals surface area contributed by atoms with Crippen LogP contribution in [0.1, 0.15) is 137 Å². The number of carbonyl (C=O) groups excluding carboxylic acids is 1. The van der Waals surface area contributed by atoms with E-state index in [4.69, 9.17) is 4.74 Å². The minimum Gasteiger partial charge on any atom is -0.404 e. The highest BCUT2D eigenvalue weighted by molar-refractivity contribution is 5.69. The van der Waals surface area contributed by atoms with Gasteiger partial charge in [0.2, 0.25) is 0 Å². The lowest BCUT2D eigenvalue weighted by molar-refractivity contribution is -1.28. The third-order valence-electron chi connectivity index (χ3n) is 6.17. The molecular weight excluding hydrogens is 366 g/mol. The molecule has 29 heavy (non-hydrogen) atoms. The lowest BCUT2D eigenvalue weighted by Gasteiger charge is -2.36. The zero-order chi connectivity index (χ0) is 22.0. The molecule has 0 saturated heterocycles. The number of quaternary nitrogens is 1. The van der Waals surface area contributed by atoms with Crippen molar-refractivity contribution < 1.29 is 24.8 Å². The average molecular weight is 417 g/mol. The van der Waals surface area contributed by atoms with Gasteiger partial charge in [0, 0.05) is 19.8 Å². The summed E-state index contributed by atoms with van der Waals surface area (Å²) in [7, 11) is 0. The Bertz CT molecular complexity index is 400. The Morgan fingerprint density at radius 3 is 1.45 bits per heavy atom. The molecule has 0 heterocycles. The van der Waals surface area contributed by atoms with Crippen molar-refractivity contribution in [2.75, 3.05) is 6.54 Å². The van der Waals surface area contributed by atoms with E-state index >= 15 is 0 Å². The molecule has 0 radical (unpaired) electrons. The molecule has 0 aromatic rings. The molecule has 0 saturated carbocycles. The van der Waals surface area contributed by atoms with Crippen molar-refractivity contribution in [3.63, 3.8) is 0 Å². The predicted molar refractivity (Wildman–Crippen MR) is 119 cm³/mol. The molecule has 5 nitrogen and oxygen atoms in total. The van der Waals surface area contributed by atoms with Crippen LogP contribution in [-0.2, 0) is 9.53 Å². The Kier molecular flexibility index (Phi) is 16.7. The molecule has 0 aliphatic rings. The summed E-state index contributed by atoms with van der Waals surface area (Å²) in [6.07, 6.45) is 20.0. The molecule has 0 spiro atoms. The maximum Gasteiger partial charge on any atom is 0.310 e. The first-order chi connectivity index (χ1) is 13.8. The van der Waals surface area contributed by atoms with Crippen LogP contribution in [0, 0.1) is 0 Å². The molecule has 0 aromatic heterocycles. The lowest BCUT2D eigenvalue weighted by Crippen LogP contribution is -2.60. The van der Waals surface area contributed by atoms with E-state index in [-0.39, 0.29) is 12.5 Å². The van der Waals surface area contributed by atoms with E-state index in [1.165, 1.54) is 77.0 Å². The number of hydrogen-bond donors (Lipinski definition) is 2. The van der Waals surface area contributed by atoms with Gasteiger partial charge in [-0.2, -0.15) is 10.4 Å². The first-order valence-electron chi connectivity index (χ1n) is 12.4. The van der Waals surface area contributed by atoms with Crippen molar-refractivity contribution in [3.8, 4) is 0 Å². The lowest BCUT2D eigenvalue weighted by atomic mass is 10.0. The number of nitrogens with zero attached hydrogens (tertiary/aromatic N) is 1. The Balaban J connectivity index is 3.56. The topological polar surface area (TPSA) is 66.8 Å². The van der Waals surface area contributed by atoms with Gasteiger partial charge >= 0.3 is 11.7 Å². The van der Waals surface area contributed by atoms with Gasteiger partial charge in [-0.05, 0) is 18.2 Å². The fraction of sp³-hybridized carbons (Fsp3) is 0.958. The highest BCUT2D eigenvalue weighted by atomic mass is 16.9. The van der Waals surface area contributed by atoms with Crippen LogP contribution in [0.25, 0.3) is 0 Å². The number of unbranched alkanes of at least 4 members (excludes halogenated alkanes) is 14. The summed E-state index contributed by atoms with van der Waals surface area (Å²) >= 11 is 0. The Morgan fingerprint density at radius 1 is 0.724 bits per heavy atom. The number of esters is 1. The average Bonchev–Trinajstić information content (AvgIpc) is 2.70. The van der Waals surface area contributed by atoms with Gasteiger partial charge in [0.1, 0.15) is 6.54 Å². The summed E-state index contributed by atoms with van der Waals surface area (Å²) in [5.74, 6) is -0.344. The van der Waals surface area contributed by atoms with E-state index in [2.05, 4.69) is 6.92 Å². The van der Waals surface area contributed by atoms with Gasteiger partial charge in [0.05, 0.1) is 0 Å². The van der Waals surface area contributed by atoms with Gasteiger partial charge in [0.15, 0.2) is 0 Å². The van der Waals surface area contributed by atoms with Crippen molar-refractivity contribution in [2.24, 2.45) is 0 Å². The fourth-order valence-electron chi connectivity index (χ4n) is 3.67. The van der Waals surface area contributed by atoms with Crippen LogP contribution in [0.3, 0.4) is 0 Å². The van der Waals surface area contributed by atoms with Crippen LogP contribution in [-0.4, -0.2) is 33.5 Å². The first kappa shape index (κ1) is 28.4. The highest BCUT2D eigenvalue weighted by Crippen LogP contribution is 2.26. The number of carbonyl (C=O) groups is 1. The van der Waals surface area contributed by atoms with E-state index in [0.717, 1.165) is 19.3 Å². The molecule has 0 rings (SSSR count). The summed E-state index contributed by atoms with van der Waals surface area (Å²) in [6.45, 7) is 7.34. The van der Waals surface area contributed by atoms with Gasteiger partial charge < -0.3 is 4.74 Å². The molecular formula is C24H50NO4+. The first-order valence-corrected chi connectivity index (χ1v) is 12.4. The molecule has 174 valence electrons. The van der Waals surface area contributed by atoms with Gasteiger partial charge in [-0.15, -0.1) is 0 Å². The second kappa shape index (κ2) is 17.1. The summed E-state index contributed by atoms with van der Waals surface area (Å²) in [6, 6.07) is 0. The molecule has 0 bridgehead atoms. The van der Waals surface area contributed by atoms with Crippen LogP contribution in [0.15, 0.2) is 0 Å². The quantitative estimate of drug-likeness (QED) is 0.0707. The van der Waals surface area contributed by atoms with Crippen LogP contribution in [0.5, 0.6) is 0 Å². The van der Waals surface area contributed by atoms with Gasteiger partial charge in [-0.3, -0.25) is 4.79 Å². The third-order valence-corrected chi connectivity index (χ3v) is 6.17. The minimum absolute atomic E-state index is 0.0661. The maximum atomic E-state index is 12.1. The Labute approximate surface area is 180 Å². The smallest absolute Gasteiger partial charge is 0.310 e. The zero-order valence-corrected chi connectivity index (χ0v) is 19.9. The predicted octanol–water partition coefficient (Wildman–Crippen LogP) is 7.53. The molecule has 0 amide bonds. The van der Waals surface area contributed by atoms with Crippen LogP contribution in [0.4, 0.5) is 0 Å². The molecule has 2 N–H and O–H groups in total. The molecule has 5 heteroatoms. The highest BCUT2D eigenvalue weighted by Gasteiger charge is 2.48. The number of hydrogen-bond acceptors (Lipinski definition) is 4. The summed E-state index contributed by atoms with van der Waals surface area (Å²) < 4.78 is 5.40. The molecule has 0 fully saturated rings. The number of ether oxygens (including phenoxy) is 1. The van der Waals surface area contributed by atoms with Crippen molar-refractivity contribution in [1.82, 2.24) is 0 Å². The van der Waals surface area contributed by atoms with E-state index in [0.29, 0.717) is 12.8 Å². The van der Waals surface area contributed by atoms with Gasteiger partial charge in [0.25, 0.3) is 0 Å². The molecule has 1 atom stereocenters. The SMILES string of the molecule is CCCCCCCCCCCCCCCCCC(=O)OC(C)(CC)[N+](O)(O)CC. The van der Waals surface area contributed by atoms with Crippen molar-refractivity contribution in [3.05, 3.63) is 0 Å². The van der Waals surface area contributed by atoms with Crippen molar-refractivity contribution in [1.29, 1.82) is 0 Å². The molecule has 0 aromatic carbocycles. The molecule has 0 aliphatic carbocycles. The Morgan fingerprint density at radius 2 is 1.10 bits per heavy atom. The van der Waals surface area contributed by atoms with Gasteiger partial charge in [-0.1, -0.05) is 104 Å². The van der Waals surface area contributed by atoms with E-state index in [1.807, 2.05) is 0 Å². The van der Waals surface area contributed by atoms with E-state index < -0.39 is 10.5 Å². The third kappa shape index (κ3) is 13.3. The molecule has 0 aliphatic heterocycles. The normalized spacial score (nSPS) is 14.0. The second-order valence-corrected chi connectivity index (χ2v) is 8.75. The summed E-state index contributed by atoms with van der Waals surface area (Å²) in [4.78, 5) is 10.8. The standard InChI is InChI=1S/C24H50NO4/c1-5-8-9-10-11-12-13-14-15-16-17-18-19-20-21-22-23(26)29-24(4,6-2)25(27,28)7-3/h27-28H,5-22H2,1-4H3/q+1. The molecule has 1 unspecified atom stereocenters. The summed E-state index contributed by atoms with van der Waals surface area (Å²) in [5, 5.41) is 20.0. The Hall–Kier alpha value is -0.650. The van der Waals surface area contributed by atoms with Crippen LogP contribution < -0.4 is 0 Å². The number of rotatable bonds is 20. The number of hydroxylamine groups is 4. The van der Waals surface area contributed by atoms with Crippen molar-refractivity contribution >= 4 is 5.97 Å². The summed E-state index contributed by atoms with van der Waals surface area (Å²) in [5.41, 5.74) is -1.30. The monoisotopic (exact) mass is 416 g/mol. The van der Waals surface area contributed by atoms with Crippen molar-refractivity contribution in [2.45, 2.75) is 143 Å². The maximum absolute atomic E-state index is 12.1. The second-order valence-electron chi connectivity index (χ2n) is 8.75. The van der Waals surface area contributed by atoms with Crippen LogP contribution >= 0.6 is 0 Å². The fourth-order valence-corrected chi connectivity index (χ4v) is 3.67. The minimum atomic E-state index is -1.30. The van der Waals surface area contributed by atoms with Crippen LogP contribution in [0.2, 0.25) is 0 Å². The van der Waals surface area contributed by atoms with E-state index in [1.54, 1.807) is 20.8 Å². The zero-order valence-electron chi connectivity index (χ0n) is 19.9. The largest absolute Gasteiger partial charge is 0.404 e. The van der Waals surface area contributed by atoms with E-state index in [9.17, 15) is 15.2 Å². The van der Waals surface area contributed by atoms with Gasteiger partial charge in [-0.25, -0.2) is 0 Å².